The lowest BCUT2D eigenvalue weighted by Crippen LogP contribution is -2.38. The Morgan fingerprint density at radius 2 is 1.91 bits per heavy atom. The van der Waals surface area contributed by atoms with Crippen LogP contribution in [0.25, 0.3) is 0 Å². The van der Waals surface area contributed by atoms with Crippen LogP contribution in [-0.4, -0.2) is 42.2 Å². The van der Waals surface area contributed by atoms with Gasteiger partial charge in [-0.25, -0.2) is 4.79 Å². The van der Waals surface area contributed by atoms with Gasteiger partial charge in [0.1, 0.15) is 6.61 Å². The van der Waals surface area contributed by atoms with Gasteiger partial charge in [0.2, 0.25) is 5.91 Å². The minimum atomic E-state index is -0.488. The molecule has 2 amide bonds. The molecular weight excluding hydrogens is 402 g/mol. The van der Waals surface area contributed by atoms with E-state index in [0.29, 0.717) is 32.0 Å². The van der Waals surface area contributed by atoms with Crippen LogP contribution in [0.5, 0.6) is 0 Å². The molecule has 2 aromatic rings. The Labute approximate surface area is 187 Å². The number of ether oxygens (including phenoxy) is 1. The van der Waals surface area contributed by atoms with Crippen molar-refractivity contribution in [2.45, 2.75) is 38.8 Å². The van der Waals surface area contributed by atoms with Gasteiger partial charge in [-0.1, -0.05) is 36.4 Å². The molecule has 0 bridgehead atoms. The van der Waals surface area contributed by atoms with Gasteiger partial charge in [-0.2, -0.15) is 0 Å². The van der Waals surface area contributed by atoms with Gasteiger partial charge >= 0.3 is 6.09 Å². The average molecular weight is 430 g/mol. The van der Waals surface area contributed by atoms with E-state index in [1.807, 2.05) is 35.2 Å². The van der Waals surface area contributed by atoms with Crippen LogP contribution in [0.2, 0.25) is 0 Å². The fourth-order valence-electron chi connectivity index (χ4n) is 5.35. The Hall–Kier alpha value is -3.15. The number of anilines is 1. The number of nitrogens with zero attached hydrogens (tertiary/aromatic N) is 3. The molecule has 4 aliphatic rings. The van der Waals surface area contributed by atoms with Crippen LogP contribution in [0.1, 0.15) is 42.4 Å². The molecule has 6 heteroatoms. The molecule has 0 aromatic heterocycles. The van der Waals surface area contributed by atoms with Crippen molar-refractivity contribution in [1.82, 2.24) is 4.90 Å². The van der Waals surface area contributed by atoms with Crippen molar-refractivity contribution < 1.29 is 14.3 Å². The third-order valence-corrected chi connectivity index (χ3v) is 7.39. The molecular formula is C26H27N3O3. The molecule has 2 aromatic carbocycles. The maximum atomic E-state index is 13.5. The van der Waals surface area contributed by atoms with Crippen molar-refractivity contribution in [1.29, 1.82) is 0 Å². The van der Waals surface area contributed by atoms with E-state index in [0.717, 1.165) is 24.2 Å². The van der Waals surface area contributed by atoms with E-state index >= 15 is 0 Å². The highest BCUT2D eigenvalue weighted by molar-refractivity contribution is 6.08. The SMILES string of the molecule is O=C(OCc1ccccc1)N1CC[C@]2(CCN(c3ccc4c(c3)C(C3CC3)=NC4)C2=O)C1. The number of hydrogen-bond donors (Lipinski definition) is 0. The zero-order valence-electron chi connectivity index (χ0n) is 18.1. The smallest absolute Gasteiger partial charge is 0.410 e. The van der Waals surface area contributed by atoms with Crippen molar-refractivity contribution >= 4 is 23.4 Å². The lowest BCUT2D eigenvalue weighted by Gasteiger charge is -2.24. The third kappa shape index (κ3) is 3.29. The molecule has 2 saturated heterocycles. The first-order valence-corrected chi connectivity index (χ1v) is 11.6. The fraction of sp³-hybridized carbons (Fsp3) is 0.423. The predicted octanol–water partition coefficient (Wildman–Crippen LogP) is 4.16. The summed E-state index contributed by atoms with van der Waals surface area (Å²) in [7, 11) is 0. The van der Waals surface area contributed by atoms with Crippen molar-refractivity contribution in [3.05, 3.63) is 65.2 Å². The first-order valence-electron chi connectivity index (χ1n) is 11.6. The van der Waals surface area contributed by atoms with Gasteiger partial charge in [-0.15, -0.1) is 0 Å². The minimum Gasteiger partial charge on any atom is -0.445 e. The highest BCUT2D eigenvalue weighted by Gasteiger charge is 2.52. The number of hydrogen-bond acceptors (Lipinski definition) is 4. The third-order valence-electron chi connectivity index (χ3n) is 7.39. The summed E-state index contributed by atoms with van der Waals surface area (Å²) in [6.45, 7) is 2.72. The maximum absolute atomic E-state index is 13.5. The maximum Gasteiger partial charge on any atom is 0.410 e. The van der Waals surface area contributed by atoms with Crippen LogP contribution >= 0.6 is 0 Å². The van der Waals surface area contributed by atoms with E-state index in [1.165, 1.54) is 29.7 Å². The van der Waals surface area contributed by atoms with Gasteiger partial charge in [-0.3, -0.25) is 9.79 Å². The summed E-state index contributed by atoms with van der Waals surface area (Å²) in [5.74, 6) is 0.746. The monoisotopic (exact) mass is 429 g/mol. The predicted molar refractivity (Wildman–Crippen MR) is 122 cm³/mol. The molecule has 6 rings (SSSR count). The molecule has 1 saturated carbocycles. The molecule has 1 spiro atoms. The van der Waals surface area contributed by atoms with E-state index in [4.69, 9.17) is 9.73 Å². The molecule has 1 atom stereocenters. The number of fused-ring (bicyclic) bond motifs is 1. The van der Waals surface area contributed by atoms with Crippen LogP contribution in [0.4, 0.5) is 10.5 Å². The lowest BCUT2D eigenvalue weighted by molar-refractivity contribution is -0.124. The van der Waals surface area contributed by atoms with Crippen LogP contribution < -0.4 is 4.90 Å². The molecule has 3 fully saturated rings. The summed E-state index contributed by atoms with van der Waals surface area (Å²) in [6.07, 6.45) is 3.59. The second-order valence-electron chi connectivity index (χ2n) is 9.52. The number of carbonyl (C=O) groups is 2. The summed E-state index contributed by atoms with van der Waals surface area (Å²) in [4.78, 5) is 34.5. The van der Waals surface area contributed by atoms with Gasteiger partial charge < -0.3 is 14.5 Å². The van der Waals surface area contributed by atoms with E-state index in [1.54, 1.807) is 4.90 Å². The number of likely N-dealkylation sites (tertiary alicyclic amines) is 1. The van der Waals surface area contributed by atoms with Crippen molar-refractivity contribution in [3.63, 3.8) is 0 Å². The van der Waals surface area contributed by atoms with Gasteiger partial charge in [-0.05, 0) is 48.9 Å². The zero-order valence-corrected chi connectivity index (χ0v) is 18.1. The number of aliphatic imine (C=N–C) groups is 1. The number of benzene rings is 2. The van der Waals surface area contributed by atoms with E-state index in [2.05, 4.69) is 18.2 Å². The standard InChI is InChI=1S/C26H27N3O3/c30-24-26(10-12-28(17-26)25(31)32-16-18-4-2-1-3-5-18)11-13-29(24)21-9-8-20-15-27-23(19-6-7-19)22(20)14-21/h1-5,8-9,14,19H,6-7,10-13,15-17H2/t26-/m0/s1. The topological polar surface area (TPSA) is 62.2 Å². The summed E-state index contributed by atoms with van der Waals surface area (Å²) in [6, 6.07) is 16.0. The van der Waals surface area contributed by atoms with E-state index in [-0.39, 0.29) is 18.6 Å². The fourth-order valence-corrected chi connectivity index (χ4v) is 5.35. The summed E-state index contributed by atoms with van der Waals surface area (Å²) in [5, 5.41) is 0. The summed E-state index contributed by atoms with van der Waals surface area (Å²) < 4.78 is 5.50. The Morgan fingerprint density at radius 1 is 1.09 bits per heavy atom. The van der Waals surface area contributed by atoms with Gasteiger partial charge in [0.15, 0.2) is 0 Å². The molecule has 3 heterocycles. The van der Waals surface area contributed by atoms with Crippen molar-refractivity contribution in [2.75, 3.05) is 24.5 Å². The van der Waals surface area contributed by atoms with E-state index < -0.39 is 5.41 Å². The summed E-state index contributed by atoms with van der Waals surface area (Å²) in [5.41, 5.74) is 5.17. The van der Waals surface area contributed by atoms with Gasteiger partial charge in [0.25, 0.3) is 0 Å². The highest BCUT2D eigenvalue weighted by Crippen LogP contribution is 2.44. The quantitative estimate of drug-likeness (QED) is 0.733. The number of carbonyl (C=O) groups excluding carboxylic acids is 2. The minimum absolute atomic E-state index is 0.138. The van der Waals surface area contributed by atoms with Crippen LogP contribution in [0, 0.1) is 11.3 Å². The van der Waals surface area contributed by atoms with Crippen LogP contribution in [0.3, 0.4) is 0 Å². The Bertz CT molecular complexity index is 1110. The van der Waals surface area contributed by atoms with Crippen LogP contribution in [-0.2, 0) is 22.7 Å². The molecule has 0 radical (unpaired) electrons. The molecule has 6 nitrogen and oxygen atoms in total. The Kier molecular flexibility index (Phi) is 4.56. The number of amides is 2. The molecule has 32 heavy (non-hydrogen) atoms. The summed E-state index contributed by atoms with van der Waals surface area (Å²) >= 11 is 0. The van der Waals surface area contributed by atoms with Gasteiger partial charge in [0.05, 0.1) is 12.0 Å². The second-order valence-corrected chi connectivity index (χ2v) is 9.52. The van der Waals surface area contributed by atoms with Crippen LogP contribution in [0.15, 0.2) is 53.5 Å². The average Bonchev–Trinajstić information content (AvgIpc) is 3.30. The lowest BCUT2D eigenvalue weighted by atomic mass is 9.85. The molecule has 0 N–H and O–H groups in total. The largest absolute Gasteiger partial charge is 0.445 e. The zero-order chi connectivity index (χ0) is 21.7. The Balaban J connectivity index is 1.14. The Morgan fingerprint density at radius 3 is 2.72 bits per heavy atom. The first kappa shape index (κ1) is 19.5. The molecule has 3 aliphatic heterocycles. The normalized spacial score (nSPS) is 24.2. The van der Waals surface area contributed by atoms with Gasteiger partial charge in [0, 0.05) is 42.5 Å². The van der Waals surface area contributed by atoms with E-state index in [9.17, 15) is 9.59 Å². The molecule has 164 valence electrons. The molecule has 1 aliphatic carbocycles. The second kappa shape index (κ2) is 7.47. The highest BCUT2D eigenvalue weighted by atomic mass is 16.6. The first-order chi connectivity index (χ1) is 15.6. The molecule has 0 unspecified atom stereocenters. The number of rotatable bonds is 4. The van der Waals surface area contributed by atoms with Crippen molar-refractivity contribution in [2.24, 2.45) is 16.3 Å². The van der Waals surface area contributed by atoms with Crippen molar-refractivity contribution in [3.8, 4) is 0 Å².